The second kappa shape index (κ2) is 7.69. The Hall–Kier alpha value is -1.77. The molecule has 0 atom stereocenters. The first-order chi connectivity index (χ1) is 13.1. The van der Waals surface area contributed by atoms with E-state index in [0.717, 1.165) is 25.9 Å². The zero-order valence-electron chi connectivity index (χ0n) is 15.0. The maximum atomic E-state index is 14.5. The number of fused-ring (bicyclic) bond motifs is 2. The summed E-state index contributed by atoms with van der Waals surface area (Å²) in [6.45, 7) is 3.24. The van der Waals surface area contributed by atoms with Gasteiger partial charge in [-0.3, -0.25) is 4.90 Å². The summed E-state index contributed by atoms with van der Waals surface area (Å²) in [7, 11) is 0. The minimum Gasteiger partial charge on any atom is -0.461 e. The number of aliphatic hydroxyl groups excluding tert-OH is 1. The van der Waals surface area contributed by atoms with E-state index >= 15 is 0 Å². The highest BCUT2D eigenvalue weighted by Gasteiger charge is 2.45. The summed E-state index contributed by atoms with van der Waals surface area (Å²) < 4.78 is 20.4. The fraction of sp³-hybridized carbons (Fsp3) is 0.611. The number of halogens is 2. The van der Waals surface area contributed by atoms with Crippen LogP contribution in [0.4, 0.5) is 10.2 Å². The third-order valence-electron chi connectivity index (χ3n) is 5.53. The minimum atomic E-state index is -0.687. The quantitative estimate of drug-likeness (QED) is 0.550. The normalized spacial score (nSPS) is 18.8. The molecule has 0 amide bonds. The molecule has 4 heterocycles. The maximum Gasteiger partial charge on any atom is 0.319 e. The van der Waals surface area contributed by atoms with Crippen molar-refractivity contribution in [3.05, 3.63) is 17.2 Å². The van der Waals surface area contributed by atoms with E-state index in [4.69, 9.17) is 21.4 Å². The Labute approximate surface area is 161 Å². The SMILES string of the molecule is OCCCNc1nc(OCC23CCCN2CCC3)nc2c(F)c(Cl)ncc12. The van der Waals surface area contributed by atoms with Gasteiger partial charge < -0.3 is 15.2 Å². The van der Waals surface area contributed by atoms with Crippen LogP contribution in [0.25, 0.3) is 10.9 Å². The molecule has 2 aromatic heterocycles. The fourth-order valence-electron chi connectivity index (χ4n) is 4.16. The van der Waals surface area contributed by atoms with Gasteiger partial charge in [0, 0.05) is 19.3 Å². The molecule has 0 radical (unpaired) electrons. The van der Waals surface area contributed by atoms with Crippen molar-refractivity contribution in [3.8, 4) is 6.01 Å². The van der Waals surface area contributed by atoms with Crippen LogP contribution in [-0.4, -0.2) is 63.3 Å². The molecule has 27 heavy (non-hydrogen) atoms. The number of nitrogens with one attached hydrogen (secondary N) is 1. The van der Waals surface area contributed by atoms with Crippen molar-refractivity contribution in [2.45, 2.75) is 37.6 Å². The molecule has 2 N–H and O–H groups in total. The number of ether oxygens (including phenoxy) is 1. The summed E-state index contributed by atoms with van der Waals surface area (Å²) in [5.41, 5.74) is 0.135. The van der Waals surface area contributed by atoms with Gasteiger partial charge in [0.15, 0.2) is 11.0 Å². The third kappa shape index (κ3) is 3.53. The standard InChI is InChI=1S/C18H23ClFN5O2/c19-15-13(20)14-12(10-22-15)16(21-6-3-9-26)24-17(23-14)27-11-18-4-1-7-25(18)8-2-5-18/h10,26H,1-9,11H2,(H,21,23,24). The number of pyridine rings is 1. The van der Waals surface area contributed by atoms with Crippen LogP contribution in [-0.2, 0) is 0 Å². The predicted octanol–water partition coefficient (Wildman–Crippen LogP) is 2.62. The predicted molar refractivity (Wildman–Crippen MR) is 101 cm³/mol. The molecular weight excluding hydrogens is 373 g/mol. The highest BCUT2D eigenvalue weighted by atomic mass is 35.5. The van der Waals surface area contributed by atoms with Crippen LogP contribution in [0.1, 0.15) is 32.1 Å². The van der Waals surface area contributed by atoms with Gasteiger partial charge in [0.1, 0.15) is 17.9 Å². The van der Waals surface area contributed by atoms with E-state index in [1.54, 1.807) is 0 Å². The first kappa shape index (κ1) is 18.6. The summed E-state index contributed by atoms with van der Waals surface area (Å²) >= 11 is 5.82. The second-order valence-corrected chi connectivity index (χ2v) is 7.55. The number of hydrogen-bond donors (Lipinski definition) is 2. The molecule has 146 valence electrons. The Kier molecular flexibility index (Phi) is 5.29. The lowest BCUT2D eigenvalue weighted by molar-refractivity contribution is 0.108. The third-order valence-corrected chi connectivity index (χ3v) is 5.79. The van der Waals surface area contributed by atoms with Crippen LogP contribution < -0.4 is 10.1 Å². The van der Waals surface area contributed by atoms with Crippen molar-refractivity contribution >= 4 is 28.3 Å². The van der Waals surface area contributed by atoms with Gasteiger partial charge in [-0.05, 0) is 45.2 Å². The molecule has 2 aliphatic heterocycles. The Bertz CT molecular complexity index is 827. The van der Waals surface area contributed by atoms with Crippen LogP contribution in [0.3, 0.4) is 0 Å². The Balaban J connectivity index is 1.62. The number of hydrogen-bond acceptors (Lipinski definition) is 7. The zero-order valence-corrected chi connectivity index (χ0v) is 15.8. The highest BCUT2D eigenvalue weighted by molar-refractivity contribution is 6.30. The monoisotopic (exact) mass is 395 g/mol. The van der Waals surface area contributed by atoms with Crippen LogP contribution in [0.2, 0.25) is 5.15 Å². The van der Waals surface area contributed by atoms with Crippen LogP contribution in [0.15, 0.2) is 6.20 Å². The highest BCUT2D eigenvalue weighted by Crippen LogP contribution is 2.39. The van der Waals surface area contributed by atoms with Gasteiger partial charge in [0.25, 0.3) is 0 Å². The first-order valence-electron chi connectivity index (χ1n) is 9.37. The van der Waals surface area contributed by atoms with Crippen molar-refractivity contribution in [3.63, 3.8) is 0 Å². The molecule has 0 aromatic carbocycles. The molecule has 2 fully saturated rings. The maximum absolute atomic E-state index is 14.5. The number of nitrogens with zero attached hydrogens (tertiary/aromatic N) is 4. The summed E-state index contributed by atoms with van der Waals surface area (Å²) in [6.07, 6.45) is 6.54. The van der Waals surface area contributed by atoms with Gasteiger partial charge in [-0.1, -0.05) is 11.6 Å². The first-order valence-corrected chi connectivity index (χ1v) is 9.75. The molecule has 9 heteroatoms. The molecule has 2 saturated heterocycles. The van der Waals surface area contributed by atoms with Crippen molar-refractivity contribution in [1.29, 1.82) is 0 Å². The van der Waals surface area contributed by atoms with Crippen LogP contribution in [0, 0.1) is 5.82 Å². The lowest BCUT2D eigenvalue weighted by Gasteiger charge is -2.31. The van der Waals surface area contributed by atoms with Gasteiger partial charge >= 0.3 is 6.01 Å². The fourth-order valence-corrected chi connectivity index (χ4v) is 4.30. The largest absolute Gasteiger partial charge is 0.461 e. The molecule has 4 rings (SSSR count). The molecule has 0 spiro atoms. The second-order valence-electron chi connectivity index (χ2n) is 7.19. The summed E-state index contributed by atoms with van der Waals surface area (Å²) in [6, 6.07) is 0.128. The van der Waals surface area contributed by atoms with Crippen molar-refractivity contribution in [2.24, 2.45) is 0 Å². The van der Waals surface area contributed by atoms with Crippen LogP contribution in [0.5, 0.6) is 6.01 Å². The van der Waals surface area contributed by atoms with Crippen molar-refractivity contribution in [2.75, 3.05) is 38.2 Å². The van der Waals surface area contributed by atoms with E-state index in [9.17, 15) is 4.39 Å². The number of aromatic nitrogens is 3. The molecular formula is C18H23ClFN5O2. The number of aliphatic hydroxyl groups is 1. The van der Waals surface area contributed by atoms with E-state index in [2.05, 4.69) is 25.2 Å². The van der Waals surface area contributed by atoms with Gasteiger partial charge in [-0.2, -0.15) is 9.97 Å². The Morgan fingerprint density at radius 1 is 1.30 bits per heavy atom. The average Bonchev–Trinajstić information content (AvgIpc) is 3.24. The number of rotatable bonds is 7. The van der Waals surface area contributed by atoms with E-state index in [1.807, 2.05) is 0 Å². The van der Waals surface area contributed by atoms with Gasteiger partial charge in [-0.15, -0.1) is 0 Å². The summed E-state index contributed by atoms with van der Waals surface area (Å²) in [5, 5.41) is 12.3. The molecule has 7 nitrogen and oxygen atoms in total. The van der Waals surface area contributed by atoms with Crippen molar-refractivity contribution < 1.29 is 14.2 Å². The Morgan fingerprint density at radius 2 is 2.07 bits per heavy atom. The van der Waals surface area contributed by atoms with Gasteiger partial charge in [0.2, 0.25) is 0 Å². The van der Waals surface area contributed by atoms with Gasteiger partial charge in [0.05, 0.1) is 10.9 Å². The molecule has 2 aromatic rings. The van der Waals surface area contributed by atoms with Crippen LogP contribution >= 0.6 is 11.6 Å². The Morgan fingerprint density at radius 3 is 2.81 bits per heavy atom. The van der Waals surface area contributed by atoms with E-state index < -0.39 is 5.82 Å². The number of anilines is 1. The summed E-state index contributed by atoms with van der Waals surface area (Å²) in [5.74, 6) is -0.258. The molecule has 0 unspecified atom stereocenters. The smallest absolute Gasteiger partial charge is 0.319 e. The molecule has 0 bridgehead atoms. The van der Waals surface area contributed by atoms with Crippen molar-refractivity contribution in [1.82, 2.24) is 19.9 Å². The minimum absolute atomic E-state index is 0.0518. The average molecular weight is 396 g/mol. The molecule has 0 aliphatic carbocycles. The van der Waals surface area contributed by atoms with E-state index in [-0.39, 0.29) is 28.8 Å². The molecule has 2 aliphatic rings. The zero-order chi connectivity index (χ0) is 18.9. The van der Waals surface area contributed by atoms with E-state index in [0.29, 0.717) is 30.8 Å². The topological polar surface area (TPSA) is 83.4 Å². The lowest BCUT2D eigenvalue weighted by atomic mass is 9.95. The summed E-state index contributed by atoms with van der Waals surface area (Å²) in [4.78, 5) is 15.0. The molecule has 0 saturated carbocycles. The van der Waals surface area contributed by atoms with E-state index in [1.165, 1.54) is 19.0 Å². The lowest BCUT2D eigenvalue weighted by Crippen LogP contribution is -2.43. The van der Waals surface area contributed by atoms with Gasteiger partial charge in [-0.25, -0.2) is 9.37 Å².